The molecule has 13 nitrogen and oxygen atoms in total. The highest BCUT2D eigenvalue weighted by molar-refractivity contribution is 8.13. The Labute approximate surface area is 229 Å². The van der Waals surface area contributed by atoms with Crippen LogP contribution in [0.15, 0.2) is 48.5 Å². The van der Waals surface area contributed by atoms with E-state index in [4.69, 9.17) is 14.2 Å². The normalized spacial score (nSPS) is 20.2. The molecule has 0 aromatic heterocycles. The van der Waals surface area contributed by atoms with E-state index in [0.717, 1.165) is 47.8 Å². The predicted molar refractivity (Wildman–Crippen MR) is 140 cm³/mol. The molecule has 4 atom stereocenters. The molecule has 1 aliphatic heterocycles. The van der Waals surface area contributed by atoms with Gasteiger partial charge in [0.2, 0.25) is 0 Å². The maximum atomic E-state index is 13.0. The number of nitrogens with zero attached hydrogens (tertiary/aromatic N) is 2. The van der Waals surface area contributed by atoms with Gasteiger partial charge >= 0.3 is 11.9 Å². The quantitative estimate of drug-likeness (QED) is 0.227. The van der Waals surface area contributed by atoms with Crippen LogP contribution in [0.1, 0.15) is 34.6 Å². The molecule has 1 heterocycles. The average molecular weight is 579 g/mol. The molecule has 2 aromatic carbocycles. The molecular weight excluding hydrogens is 556 g/mol. The second kappa shape index (κ2) is 13.3. The standard InChI is InChI=1S/C24H22N2O11S2/c1-13(27)38-11-19-21(36-23(29)15-3-7-17(8-4-15)25(31)32)22(20(35-19)12-39-14(2)28)37-24(30)16-5-9-18(10-6-16)26(33)34/h3-10,19-22H,11-12H2,1-2H3/t19-,20+,21-,22-/m1/s1. The zero-order chi connectivity index (χ0) is 28.7. The van der Waals surface area contributed by atoms with Crippen LogP contribution in [0.25, 0.3) is 0 Å². The first-order chi connectivity index (χ1) is 18.5. The van der Waals surface area contributed by atoms with Crippen LogP contribution in [0.5, 0.6) is 0 Å². The molecule has 2 aromatic rings. The van der Waals surface area contributed by atoms with E-state index >= 15 is 0 Å². The number of hydrogen-bond acceptors (Lipinski definition) is 13. The molecule has 0 unspecified atom stereocenters. The number of carbonyl (C=O) groups excluding carboxylic acids is 4. The maximum absolute atomic E-state index is 13.0. The van der Waals surface area contributed by atoms with Crippen LogP contribution in [-0.4, -0.2) is 67.9 Å². The largest absolute Gasteiger partial charge is 0.452 e. The van der Waals surface area contributed by atoms with E-state index in [-0.39, 0.29) is 44.2 Å². The Hall–Kier alpha value is -3.82. The molecule has 1 aliphatic rings. The van der Waals surface area contributed by atoms with Crippen molar-refractivity contribution in [3.05, 3.63) is 79.9 Å². The van der Waals surface area contributed by atoms with Crippen LogP contribution in [0.4, 0.5) is 11.4 Å². The highest BCUT2D eigenvalue weighted by Crippen LogP contribution is 2.33. The third-order valence-electron chi connectivity index (χ3n) is 5.42. The van der Waals surface area contributed by atoms with Crippen LogP contribution in [0.3, 0.4) is 0 Å². The summed E-state index contributed by atoms with van der Waals surface area (Å²) in [7, 11) is 0. The highest BCUT2D eigenvalue weighted by Gasteiger charge is 2.49. The van der Waals surface area contributed by atoms with Crippen LogP contribution < -0.4 is 0 Å². The van der Waals surface area contributed by atoms with Crippen LogP contribution >= 0.6 is 23.5 Å². The second-order valence-electron chi connectivity index (χ2n) is 8.17. The lowest BCUT2D eigenvalue weighted by atomic mass is 10.1. The van der Waals surface area contributed by atoms with Crippen molar-refractivity contribution in [2.45, 2.75) is 38.3 Å². The van der Waals surface area contributed by atoms with Gasteiger partial charge in [-0.3, -0.25) is 29.8 Å². The van der Waals surface area contributed by atoms with Crippen molar-refractivity contribution < 1.29 is 43.2 Å². The molecule has 15 heteroatoms. The summed E-state index contributed by atoms with van der Waals surface area (Å²) in [6, 6.07) is 9.33. The van der Waals surface area contributed by atoms with Gasteiger partial charge in [0.15, 0.2) is 22.4 Å². The van der Waals surface area contributed by atoms with E-state index in [2.05, 4.69) is 0 Å². The summed E-state index contributed by atoms with van der Waals surface area (Å²) >= 11 is 1.80. The van der Waals surface area contributed by atoms with E-state index in [9.17, 15) is 39.4 Å². The van der Waals surface area contributed by atoms with Gasteiger partial charge in [-0.1, -0.05) is 23.5 Å². The fraction of sp³-hybridized carbons (Fsp3) is 0.333. The molecule has 0 spiro atoms. The van der Waals surface area contributed by atoms with Gasteiger partial charge in [-0.05, 0) is 24.3 Å². The lowest BCUT2D eigenvalue weighted by Crippen LogP contribution is -2.41. The summed E-state index contributed by atoms with van der Waals surface area (Å²) < 4.78 is 17.3. The molecule has 0 saturated carbocycles. The minimum atomic E-state index is -1.21. The molecule has 3 rings (SSSR count). The number of carbonyl (C=O) groups is 4. The molecule has 0 N–H and O–H groups in total. The monoisotopic (exact) mass is 578 g/mol. The van der Waals surface area contributed by atoms with Gasteiger partial charge in [-0.15, -0.1) is 0 Å². The number of nitro groups is 2. The predicted octanol–water partition coefficient (Wildman–Crippen LogP) is 3.58. The van der Waals surface area contributed by atoms with E-state index in [1.807, 2.05) is 0 Å². The third kappa shape index (κ3) is 8.08. The number of thioether (sulfide) groups is 2. The van der Waals surface area contributed by atoms with Crippen molar-refractivity contribution in [2.75, 3.05) is 11.5 Å². The number of non-ortho nitro benzene ring substituents is 2. The number of benzene rings is 2. The number of nitro benzene ring substituents is 2. The summed E-state index contributed by atoms with van der Waals surface area (Å²) in [5.41, 5.74) is -0.494. The zero-order valence-electron chi connectivity index (χ0n) is 20.5. The number of rotatable bonds is 10. The summed E-state index contributed by atoms with van der Waals surface area (Å²) in [6.07, 6.45) is -4.24. The van der Waals surface area contributed by atoms with Gasteiger partial charge in [0, 0.05) is 49.6 Å². The fourth-order valence-corrected chi connectivity index (χ4v) is 4.91. The lowest BCUT2D eigenvalue weighted by molar-refractivity contribution is -0.385. The summed E-state index contributed by atoms with van der Waals surface area (Å²) in [4.78, 5) is 69.7. The second-order valence-corrected chi connectivity index (χ2v) is 10.6. The van der Waals surface area contributed by atoms with E-state index in [0.29, 0.717) is 0 Å². The highest BCUT2D eigenvalue weighted by atomic mass is 32.2. The summed E-state index contributed by atoms with van der Waals surface area (Å²) in [6.45, 7) is 2.68. The number of esters is 2. The van der Waals surface area contributed by atoms with Gasteiger partial charge in [0.25, 0.3) is 11.4 Å². The molecule has 0 aliphatic carbocycles. The first-order valence-electron chi connectivity index (χ1n) is 11.3. The molecule has 0 radical (unpaired) electrons. The molecule has 1 saturated heterocycles. The Morgan fingerprint density at radius 2 is 1.05 bits per heavy atom. The lowest BCUT2D eigenvalue weighted by Gasteiger charge is -2.24. The SMILES string of the molecule is CC(=O)SC[C@@H]1O[C@H](CSC(C)=O)[C@@H](OC(=O)c2ccc([N+](=O)[O-])cc2)[C@@H]1OC(=O)c1ccc([N+](=O)[O-])cc1. The molecular formula is C24H22N2O11S2. The molecule has 39 heavy (non-hydrogen) atoms. The Balaban J connectivity index is 1.89. The van der Waals surface area contributed by atoms with Gasteiger partial charge < -0.3 is 14.2 Å². The first kappa shape index (κ1) is 29.7. The Morgan fingerprint density at radius 1 is 0.718 bits per heavy atom. The van der Waals surface area contributed by atoms with Crippen molar-refractivity contribution in [1.82, 2.24) is 0 Å². The van der Waals surface area contributed by atoms with Gasteiger partial charge in [0.1, 0.15) is 12.2 Å². The van der Waals surface area contributed by atoms with Gasteiger partial charge in [0.05, 0.1) is 21.0 Å². The van der Waals surface area contributed by atoms with E-state index in [1.54, 1.807) is 0 Å². The molecule has 206 valence electrons. The van der Waals surface area contributed by atoms with E-state index < -0.39 is 46.2 Å². The molecule has 0 bridgehead atoms. The van der Waals surface area contributed by atoms with Crippen molar-refractivity contribution >= 4 is 57.1 Å². The Kier molecular flexibility index (Phi) is 10.1. The van der Waals surface area contributed by atoms with Crippen molar-refractivity contribution in [3.8, 4) is 0 Å². The van der Waals surface area contributed by atoms with Gasteiger partial charge in [-0.25, -0.2) is 9.59 Å². The topological polar surface area (TPSA) is 182 Å². The smallest absolute Gasteiger partial charge is 0.338 e. The third-order valence-corrected chi connectivity index (χ3v) is 7.23. The summed E-state index contributed by atoms with van der Waals surface area (Å²) in [5.74, 6) is -1.68. The maximum Gasteiger partial charge on any atom is 0.338 e. The minimum Gasteiger partial charge on any atom is -0.452 e. The first-order valence-corrected chi connectivity index (χ1v) is 13.3. The zero-order valence-corrected chi connectivity index (χ0v) is 22.2. The van der Waals surface area contributed by atoms with Crippen molar-refractivity contribution in [2.24, 2.45) is 0 Å². The van der Waals surface area contributed by atoms with Crippen molar-refractivity contribution in [1.29, 1.82) is 0 Å². The fourth-order valence-electron chi connectivity index (χ4n) is 3.58. The molecule has 0 amide bonds. The van der Waals surface area contributed by atoms with Gasteiger partial charge in [-0.2, -0.15) is 0 Å². The minimum absolute atomic E-state index is 0.0134. The molecule has 1 fully saturated rings. The van der Waals surface area contributed by atoms with Crippen molar-refractivity contribution in [3.63, 3.8) is 0 Å². The Morgan fingerprint density at radius 3 is 1.33 bits per heavy atom. The van der Waals surface area contributed by atoms with Crippen LogP contribution in [0.2, 0.25) is 0 Å². The summed E-state index contributed by atoms with van der Waals surface area (Å²) in [5, 5.41) is 21.4. The Bertz CT molecular complexity index is 1170. The number of hydrogen-bond donors (Lipinski definition) is 0. The van der Waals surface area contributed by atoms with Crippen LogP contribution in [0, 0.1) is 20.2 Å². The average Bonchev–Trinajstić information content (AvgIpc) is 3.21. The van der Waals surface area contributed by atoms with Crippen LogP contribution in [-0.2, 0) is 23.8 Å². The van der Waals surface area contributed by atoms with E-state index in [1.165, 1.54) is 38.1 Å². The number of ether oxygens (including phenoxy) is 3.